The molecule has 0 aliphatic heterocycles. The molecular formula is C17H14F2N2OS. The zero-order chi connectivity index (χ0) is 16.2. The van der Waals surface area contributed by atoms with Crippen molar-refractivity contribution in [1.82, 2.24) is 4.98 Å². The quantitative estimate of drug-likeness (QED) is 0.745. The maximum absolute atomic E-state index is 13.1. The minimum absolute atomic E-state index is 0.132. The third-order valence-corrected chi connectivity index (χ3v) is 4.38. The maximum atomic E-state index is 13.1. The first-order chi connectivity index (χ1) is 11.1. The van der Waals surface area contributed by atoms with Gasteiger partial charge in [0.15, 0.2) is 0 Å². The molecule has 0 saturated heterocycles. The van der Waals surface area contributed by atoms with Crippen molar-refractivity contribution in [2.75, 3.05) is 5.32 Å². The SMILES string of the molecule is O=C(CCCc1nc2ccccc2s1)Nc1cc(F)cc(F)c1. The highest BCUT2D eigenvalue weighted by atomic mass is 32.1. The number of carbonyl (C=O) groups is 1. The van der Waals surface area contributed by atoms with Gasteiger partial charge in [-0.2, -0.15) is 0 Å². The van der Waals surface area contributed by atoms with Gasteiger partial charge in [0.1, 0.15) is 11.6 Å². The first-order valence-electron chi connectivity index (χ1n) is 7.20. The van der Waals surface area contributed by atoms with E-state index in [2.05, 4.69) is 10.3 Å². The monoisotopic (exact) mass is 332 g/mol. The van der Waals surface area contributed by atoms with Crippen LogP contribution < -0.4 is 5.32 Å². The van der Waals surface area contributed by atoms with Crippen molar-refractivity contribution in [3.63, 3.8) is 0 Å². The van der Waals surface area contributed by atoms with Crippen molar-refractivity contribution in [3.8, 4) is 0 Å². The first-order valence-corrected chi connectivity index (χ1v) is 8.02. The molecule has 118 valence electrons. The Kier molecular flexibility index (Phi) is 4.62. The lowest BCUT2D eigenvalue weighted by Crippen LogP contribution is -2.11. The second-order valence-corrected chi connectivity index (χ2v) is 6.25. The van der Waals surface area contributed by atoms with Crippen LogP contribution in [0, 0.1) is 11.6 Å². The van der Waals surface area contributed by atoms with Crippen molar-refractivity contribution >= 4 is 33.1 Å². The van der Waals surface area contributed by atoms with Crippen LogP contribution in [0.2, 0.25) is 0 Å². The van der Waals surface area contributed by atoms with E-state index >= 15 is 0 Å². The molecule has 2 aromatic carbocycles. The molecule has 0 fully saturated rings. The van der Waals surface area contributed by atoms with Gasteiger partial charge in [-0.3, -0.25) is 4.79 Å². The minimum atomic E-state index is -0.713. The standard InChI is InChI=1S/C17H14F2N2OS/c18-11-8-12(19)10-13(9-11)20-16(22)6-3-7-17-21-14-4-1-2-5-15(14)23-17/h1-2,4-5,8-10H,3,6-7H2,(H,20,22). The summed E-state index contributed by atoms with van der Waals surface area (Å²) in [6.45, 7) is 0. The maximum Gasteiger partial charge on any atom is 0.224 e. The Hall–Kier alpha value is -2.34. The molecule has 0 bridgehead atoms. The zero-order valence-corrected chi connectivity index (χ0v) is 13.0. The smallest absolute Gasteiger partial charge is 0.224 e. The number of aryl methyl sites for hydroxylation is 1. The van der Waals surface area contributed by atoms with E-state index < -0.39 is 11.6 Å². The highest BCUT2D eigenvalue weighted by Crippen LogP contribution is 2.22. The number of nitrogens with one attached hydrogen (secondary N) is 1. The third kappa shape index (κ3) is 4.10. The van der Waals surface area contributed by atoms with Gasteiger partial charge in [-0.05, 0) is 37.1 Å². The summed E-state index contributed by atoms with van der Waals surface area (Å²) in [6.07, 6.45) is 1.60. The first kappa shape index (κ1) is 15.6. The third-order valence-electron chi connectivity index (χ3n) is 3.28. The van der Waals surface area contributed by atoms with E-state index in [4.69, 9.17) is 0 Å². The number of fused-ring (bicyclic) bond motifs is 1. The van der Waals surface area contributed by atoms with Crippen LogP contribution in [0.3, 0.4) is 0 Å². The highest BCUT2D eigenvalue weighted by Gasteiger charge is 2.07. The minimum Gasteiger partial charge on any atom is -0.326 e. The van der Waals surface area contributed by atoms with E-state index in [9.17, 15) is 13.6 Å². The lowest BCUT2D eigenvalue weighted by atomic mass is 10.2. The largest absolute Gasteiger partial charge is 0.326 e. The predicted molar refractivity (Wildman–Crippen MR) is 87.5 cm³/mol. The molecule has 6 heteroatoms. The summed E-state index contributed by atoms with van der Waals surface area (Å²) in [7, 11) is 0. The molecule has 0 spiro atoms. The summed E-state index contributed by atoms with van der Waals surface area (Å²) in [5, 5.41) is 3.48. The number of rotatable bonds is 5. The Morgan fingerprint density at radius 3 is 2.61 bits per heavy atom. The molecule has 3 aromatic rings. The lowest BCUT2D eigenvalue weighted by Gasteiger charge is -2.05. The average molecular weight is 332 g/mol. The molecule has 23 heavy (non-hydrogen) atoms. The summed E-state index contributed by atoms with van der Waals surface area (Å²) in [5.74, 6) is -1.69. The van der Waals surface area contributed by atoms with E-state index in [0.29, 0.717) is 12.8 Å². The molecule has 0 unspecified atom stereocenters. The average Bonchev–Trinajstić information content (AvgIpc) is 2.88. The van der Waals surface area contributed by atoms with E-state index in [1.165, 1.54) is 0 Å². The van der Waals surface area contributed by atoms with Crippen LogP contribution in [0.4, 0.5) is 14.5 Å². The fraction of sp³-hybridized carbons (Fsp3) is 0.176. The topological polar surface area (TPSA) is 42.0 Å². The second-order valence-electron chi connectivity index (χ2n) is 5.14. The van der Waals surface area contributed by atoms with Gasteiger partial charge in [0.25, 0.3) is 0 Å². The normalized spacial score (nSPS) is 10.9. The number of nitrogens with zero attached hydrogens (tertiary/aromatic N) is 1. The zero-order valence-electron chi connectivity index (χ0n) is 12.2. The summed E-state index contributed by atoms with van der Waals surface area (Å²) >= 11 is 1.61. The van der Waals surface area contributed by atoms with Gasteiger partial charge >= 0.3 is 0 Å². The molecule has 0 saturated carbocycles. The molecule has 0 aliphatic carbocycles. The molecule has 1 aromatic heterocycles. The highest BCUT2D eigenvalue weighted by molar-refractivity contribution is 7.18. The number of hydrogen-bond donors (Lipinski definition) is 1. The molecule has 0 atom stereocenters. The summed E-state index contributed by atoms with van der Waals surface area (Å²) in [6, 6.07) is 10.8. The Bertz CT molecular complexity index is 794. The van der Waals surface area contributed by atoms with Gasteiger partial charge in [0.05, 0.1) is 15.2 Å². The van der Waals surface area contributed by atoms with Gasteiger partial charge in [0.2, 0.25) is 5.91 Å². The van der Waals surface area contributed by atoms with Gasteiger partial charge < -0.3 is 5.32 Å². The number of halogens is 2. The number of anilines is 1. The fourth-order valence-electron chi connectivity index (χ4n) is 2.28. The van der Waals surface area contributed by atoms with E-state index in [1.54, 1.807) is 11.3 Å². The molecule has 3 nitrogen and oxygen atoms in total. The number of thiazole rings is 1. The van der Waals surface area contributed by atoms with Gasteiger partial charge in [-0.25, -0.2) is 13.8 Å². The Labute approximate surface area is 136 Å². The van der Waals surface area contributed by atoms with Gasteiger partial charge in [0, 0.05) is 18.2 Å². The van der Waals surface area contributed by atoms with Crippen molar-refractivity contribution in [2.45, 2.75) is 19.3 Å². The van der Waals surface area contributed by atoms with Crippen molar-refractivity contribution in [3.05, 3.63) is 59.1 Å². The summed E-state index contributed by atoms with van der Waals surface area (Å²) in [5.41, 5.74) is 1.10. The molecular weight excluding hydrogens is 318 g/mol. The van der Waals surface area contributed by atoms with Crippen molar-refractivity contribution < 1.29 is 13.6 Å². The van der Waals surface area contributed by atoms with Crippen LogP contribution in [0.25, 0.3) is 10.2 Å². The second kappa shape index (κ2) is 6.83. The summed E-state index contributed by atoms with van der Waals surface area (Å²) in [4.78, 5) is 16.3. The number of amides is 1. The number of hydrogen-bond acceptors (Lipinski definition) is 3. The van der Waals surface area contributed by atoms with Crippen LogP contribution in [0.15, 0.2) is 42.5 Å². The van der Waals surface area contributed by atoms with Gasteiger partial charge in [-0.1, -0.05) is 12.1 Å². The van der Waals surface area contributed by atoms with Crippen LogP contribution in [-0.4, -0.2) is 10.9 Å². The summed E-state index contributed by atoms with van der Waals surface area (Å²) < 4.78 is 27.2. The molecule has 0 aliphatic rings. The Morgan fingerprint density at radius 2 is 1.87 bits per heavy atom. The molecule has 0 radical (unpaired) electrons. The molecule has 1 N–H and O–H groups in total. The van der Waals surface area contributed by atoms with Crippen molar-refractivity contribution in [2.24, 2.45) is 0 Å². The van der Waals surface area contributed by atoms with Gasteiger partial charge in [-0.15, -0.1) is 11.3 Å². The van der Waals surface area contributed by atoms with Crippen LogP contribution in [0.1, 0.15) is 17.8 Å². The molecule has 1 heterocycles. The van der Waals surface area contributed by atoms with Crippen LogP contribution in [-0.2, 0) is 11.2 Å². The Balaban J connectivity index is 1.52. The fourth-order valence-corrected chi connectivity index (χ4v) is 3.29. The molecule has 1 amide bonds. The Morgan fingerprint density at radius 1 is 1.13 bits per heavy atom. The van der Waals surface area contributed by atoms with Crippen molar-refractivity contribution in [1.29, 1.82) is 0 Å². The van der Waals surface area contributed by atoms with Crippen LogP contribution >= 0.6 is 11.3 Å². The molecule has 3 rings (SSSR count). The predicted octanol–water partition coefficient (Wildman–Crippen LogP) is 4.54. The van der Waals surface area contributed by atoms with Crippen LogP contribution in [0.5, 0.6) is 0 Å². The number of aromatic nitrogens is 1. The number of para-hydroxylation sites is 1. The van der Waals surface area contributed by atoms with E-state index in [0.717, 1.165) is 33.4 Å². The number of carbonyl (C=O) groups excluding carboxylic acids is 1. The number of benzene rings is 2. The van der Waals surface area contributed by atoms with E-state index in [1.807, 2.05) is 24.3 Å². The lowest BCUT2D eigenvalue weighted by molar-refractivity contribution is -0.116. The van der Waals surface area contributed by atoms with E-state index in [-0.39, 0.29) is 18.0 Å².